The maximum absolute atomic E-state index is 4.37. The maximum atomic E-state index is 4.37. The van der Waals surface area contributed by atoms with E-state index in [1.165, 1.54) is 19.3 Å². The van der Waals surface area contributed by atoms with Crippen molar-refractivity contribution in [2.45, 2.75) is 36.9 Å². The van der Waals surface area contributed by atoms with Gasteiger partial charge in [0, 0.05) is 31.5 Å². The lowest BCUT2D eigenvalue weighted by Gasteiger charge is -2.23. The zero-order valence-electron chi connectivity index (χ0n) is 10.3. The quantitative estimate of drug-likeness (QED) is 0.776. The van der Waals surface area contributed by atoms with E-state index in [1.54, 1.807) is 24.2 Å². The minimum absolute atomic E-state index is 0.623. The fraction of sp³-hybridized carbons (Fsp3) is 0.667. The Kier molecular flexibility index (Phi) is 5.22. The molecule has 0 amide bonds. The number of hydrogen-bond acceptors (Lipinski definition) is 5. The Morgan fingerprint density at radius 2 is 2.29 bits per heavy atom. The average molecular weight is 252 g/mol. The highest BCUT2D eigenvalue weighted by molar-refractivity contribution is 7.98. The Labute approximate surface area is 107 Å². The first-order valence-electron chi connectivity index (χ1n) is 6.18. The van der Waals surface area contributed by atoms with Crippen LogP contribution in [0.4, 0.5) is 0 Å². The number of aromatic nitrogens is 2. The first kappa shape index (κ1) is 12.8. The third-order valence-electron chi connectivity index (χ3n) is 3.02. The summed E-state index contributed by atoms with van der Waals surface area (Å²) in [5.74, 6) is 0. The second kappa shape index (κ2) is 6.93. The number of rotatable bonds is 5. The summed E-state index contributed by atoms with van der Waals surface area (Å²) in [6.45, 7) is 2.99. The van der Waals surface area contributed by atoms with Gasteiger partial charge in [-0.1, -0.05) is 6.42 Å². The minimum Gasteiger partial charge on any atom is -0.313 e. The highest BCUT2D eigenvalue weighted by atomic mass is 32.2. The van der Waals surface area contributed by atoms with Crippen LogP contribution in [0.5, 0.6) is 0 Å². The summed E-state index contributed by atoms with van der Waals surface area (Å²) in [5.41, 5.74) is 1.05. The summed E-state index contributed by atoms with van der Waals surface area (Å²) >= 11 is 1.65. The summed E-state index contributed by atoms with van der Waals surface area (Å²) in [4.78, 5) is 8.67. The van der Waals surface area contributed by atoms with Crippen LogP contribution in [0.1, 0.15) is 25.0 Å². The van der Waals surface area contributed by atoms with Gasteiger partial charge in [-0.15, -0.1) is 11.8 Å². The van der Waals surface area contributed by atoms with E-state index >= 15 is 0 Å². The fourth-order valence-electron chi connectivity index (χ4n) is 2.11. The van der Waals surface area contributed by atoms with Crippen LogP contribution in [0, 0.1) is 0 Å². The normalized spacial score (nSPS) is 20.4. The SMILES string of the molecule is CSc1nccnc1CNCC1CCCCN1. The number of piperidine rings is 1. The predicted octanol–water partition coefficient (Wildman–Crippen LogP) is 1.43. The van der Waals surface area contributed by atoms with E-state index in [1.807, 2.05) is 6.26 Å². The van der Waals surface area contributed by atoms with Gasteiger partial charge in [-0.2, -0.15) is 0 Å². The minimum atomic E-state index is 0.623. The van der Waals surface area contributed by atoms with Crippen LogP contribution in [0.3, 0.4) is 0 Å². The Hall–Kier alpha value is -0.650. The third-order valence-corrected chi connectivity index (χ3v) is 3.75. The number of thioether (sulfide) groups is 1. The first-order valence-corrected chi connectivity index (χ1v) is 7.40. The molecule has 0 saturated carbocycles. The van der Waals surface area contributed by atoms with Gasteiger partial charge < -0.3 is 10.6 Å². The number of nitrogens with zero attached hydrogens (tertiary/aromatic N) is 2. The molecule has 94 valence electrons. The Morgan fingerprint density at radius 1 is 1.41 bits per heavy atom. The monoisotopic (exact) mass is 252 g/mol. The molecule has 1 aliphatic rings. The van der Waals surface area contributed by atoms with Gasteiger partial charge >= 0.3 is 0 Å². The van der Waals surface area contributed by atoms with Gasteiger partial charge in [-0.3, -0.25) is 4.98 Å². The third kappa shape index (κ3) is 3.94. The molecule has 17 heavy (non-hydrogen) atoms. The van der Waals surface area contributed by atoms with Crippen LogP contribution in [-0.2, 0) is 6.54 Å². The van der Waals surface area contributed by atoms with Crippen molar-refractivity contribution in [3.05, 3.63) is 18.1 Å². The molecule has 1 aliphatic heterocycles. The largest absolute Gasteiger partial charge is 0.313 e. The molecule has 1 aromatic rings. The van der Waals surface area contributed by atoms with Gasteiger partial charge in [-0.05, 0) is 25.6 Å². The first-order chi connectivity index (χ1) is 8.40. The summed E-state index contributed by atoms with van der Waals surface area (Å²) in [7, 11) is 0. The maximum Gasteiger partial charge on any atom is 0.119 e. The van der Waals surface area contributed by atoms with Gasteiger partial charge in [0.1, 0.15) is 5.03 Å². The lowest BCUT2D eigenvalue weighted by atomic mass is 10.1. The standard InChI is InChI=1S/C12H20N4S/c1-17-12-11(15-6-7-16-12)9-13-8-10-4-2-3-5-14-10/h6-7,10,13-14H,2-5,8-9H2,1H3. The second-order valence-electron chi connectivity index (χ2n) is 4.29. The summed E-state index contributed by atoms with van der Waals surface area (Å²) < 4.78 is 0. The molecule has 1 unspecified atom stereocenters. The topological polar surface area (TPSA) is 49.8 Å². The molecular weight excluding hydrogens is 232 g/mol. The molecule has 2 heterocycles. The van der Waals surface area contributed by atoms with E-state index in [0.29, 0.717) is 6.04 Å². The highest BCUT2D eigenvalue weighted by Gasteiger charge is 2.12. The van der Waals surface area contributed by atoms with Crippen molar-refractivity contribution in [2.75, 3.05) is 19.3 Å². The summed E-state index contributed by atoms with van der Waals surface area (Å²) in [5, 5.41) is 8.02. The molecule has 0 radical (unpaired) electrons. The van der Waals surface area contributed by atoms with Gasteiger partial charge in [0.2, 0.25) is 0 Å². The van der Waals surface area contributed by atoms with E-state index in [-0.39, 0.29) is 0 Å². The summed E-state index contributed by atoms with van der Waals surface area (Å²) in [6.07, 6.45) is 9.49. The van der Waals surface area contributed by atoms with Gasteiger partial charge in [-0.25, -0.2) is 4.98 Å². The zero-order chi connectivity index (χ0) is 11.9. The van der Waals surface area contributed by atoms with Crippen LogP contribution >= 0.6 is 11.8 Å². The molecule has 2 rings (SSSR count). The lowest BCUT2D eigenvalue weighted by molar-refractivity contribution is 0.382. The fourth-order valence-corrected chi connectivity index (χ4v) is 2.64. The van der Waals surface area contributed by atoms with E-state index in [4.69, 9.17) is 0 Å². The van der Waals surface area contributed by atoms with Crippen LogP contribution < -0.4 is 10.6 Å². The van der Waals surface area contributed by atoms with Crippen LogP contribution in [0.15, 0.2) is 17.4 Å². The van der Waals surface area contributed by atoms with Crippen molar-refractivity contribution in [1.29, 1.82) is 0 Å². The Morgan fingerprint density at radius 3 is 3.06 bits per heavy atom. The van der Waals surface area contributed by atoms with Crippen LogP contribution in [0.2, 0.25) is 0 Å². The van der Waals surface area contributed by atoms with Crippen LogP contribution in [0.25, 0.3) is 0 Å². The lowest BCUT2D eigenvalue weighted by Crippen LogP contribution is -2.41. The average Bonchev–Trinajstić information content (AvgIpc) is 2.40. The number of hydrogen-bond donors (Lipinski definition) is 2. The molecule has 0 aromatic carbocycles. The molecule has 1 aromatic heterocycles. The molecule has 2 N–H and O–H groups in total. The predicted molar refractivity (Wildman–Crippen MR) is 71.2 cm³/mol. The molecule has 4 nitrogen and oxygen atoms in total. The molecule has 1 fully saturated rings. The van der Waals surface area contributed by atoms with Crippen molar-refractivity contribution in [3.63, 3.8) is 0 Å². The van der Waals surface area contributed by atoms with E-state index in [2.05, 4.69) is 20.6 Å². The molecule has 5 heteroatoms. The molecule has 0 spiro atoms. The van der Waals surface area contributed by atoms with Gasteiger partial charge in [0.25, 0.3) is 0 Å². The van der Waals surface area contributed by atoms with Gasteiger partial charge in [0.05, 0.1) is 5.69 Å². The molecule has 0 aliphatic carbocycles. The molecule has 1 atom stereocenters. The molecular formula is C12H20N4S. The Bertz CT molecular complexity index is 339. The van der Waals surface area contributed by atoms with Crippen molar-refractivity contribution < 1.29 is 0 Å². The van der Waals surface area contributed by atoms with Crippen molar-refractivity contribution >= 4 is 11.8 Å². The van der Waals surface area contributed by atoms with Crippen molar-refractivity contribution in [2.24, 2.45) is 0 Å². The van der Waals surface area contributed by atoms with Gasteiger partial charge in [0.15, 0.2) is 0 Å². The smallest absolute Gasteiger partial charge is 0.119 e. The van der Waals surface area contributed by atoms with E-state index in [9.17, 15) is 0 Å². The Balaban J connectivity index is 1.77. The molecule has 1 saturated heterocycles. The zero-order valence-corrected chi connectivity index (χ0v) is 11.1. The molecule has 0 bridgehead atoms. The second-order valence-corrected chi connectivity index (χ2v) is 5.08. The van der Waals surface area contributed by atoms with Crippen LogP contribution in [-0.4, -0.2) is 35.4 Å². The van der Waals surface area contributed by atoms with E-state index in [0.717, 1.165) is 30.4 Å². The summed E-state index contributed by atoms with van der Waals surface area (Å²) in [6, 6.07) is 0.623. The van der Waals surface area contributed by atoms with E-state index < -0.39 is 0 Å². The highest BCUT2D eigenvalue weighted by Crippen LogP contribution is 2.14. The van der Waals surface area contributed by atoms with Crippen molar-refractivity contribution in [1.82, 2.24) is 20.6 Å². The number of nitrogens with one attached hydrogen (secondary N) is 2. The van der Waals surface area contributed by atoms with Crippen molar-refractivity contribution in [3.8, 4) is 0 Å².